The molecule has 19 heavy (non-hydrogen) atoms. The summed E-state index contributed by atoms with van der Waals surface area (Å²) in [6.07, 6.45) is 1.63. The van der Waals surface area contributed by atoms with Crippen LogP contribution in [0.4, 0.5) is 0 Å². The van der Waals surface area contributed by atoms with Crippen molar-refractivity contribution in [2.45, 2.75) is 12.3 Å². The highest BCUT2D eigenvalue weighted by Gasteiger charge is 2.40. The van der Waals surface area contributed by atoms with Gasteiger partial charge in [-0.15, -0.1) is 6.58 Å². The molecule has 4 heteroatoms. The van der Waals surface area contributed by atoms with Crippen LogP contribution >= 0.6 is 0 Å². The number of hydrogen-bond donors (Lipinski definition) is 0. The van der Waals surface area contributed by atoms with E-state index in [0.29, 0.717) is 11.3 Å². The molecule has 0 spiro atoms. The molecule has 0 radical (unpaired) electrons. The van der Waals surface area contributed by atoms with Crippen LogP contribution in [0.1, 0.15) is 17.9 Å². The number of benzene rings is 1. The third kappa shape index (κ3) is 2.73. The van der Waals surface area contributed by atoms with Gasteiger partial charge >= 0.3 is 0 Å². The fourth-order valence-electron chi connectivity index (χ4n) is 1.86. The highest BCUT2D eigenvalue weighted by Crippen LogP contribution is 2.38. The highest BCUT2D eigenvalue weighted by molar-refractivity contribution is 5.39. The topological polar surface area (TPSA) is 80.6 Å². The molecular formula is C15H13N3O. The predicted molar refractivity (Wildman–Crippen MR) is 69.8 cm³/mol. The molecule has 1 atom stereocenters. The summed E-state index contributed by atoms with van der Waals surface area (Å²) in [6.45, 7) is 3.55. The van der Waals surface area contributed by atoms with E-state index >= 15 is 0 Å². The van der Waals surface area contributed by atoms with Crippen LogP contribution in [0.15, 0.2) is 36.9 Å². The van der Waals surface area contributed by atoms with Crippen LogP contribution in [0.25, 0.3) is 0 Å². The zero-order valence-corrected chi connectivity index (χ0v) is 10.6. The van der Waals surface area contributed by atoms with Gasteiger partial charge in [0.2, 0.25) is 0 Å². The lowest BCUT2D eigenvalue weighted by Crippen LogP contribution is -2.24. The van der Waals surface area contributed by atoms with Crippen molar-refractivity contribution in [2.75, 3.05) is 7.11 Å². The summed E-state index contributed by atoms with van der Waals surface area (Å²) >= 11 is 0. The summed E-state index contributed by atoms with van der Waals surface area (Å²) in [6, 6.07) is 12.8. The monoisotopic (exact) mass is 251 g/mol. The molecule has 0 aliphatic carbocycles. The fraction of sp³-hybridized carbons (Fsp3) is 0.267. The SMILES string of the molecule is C=CCC(C#N)(C#N)C(C#N)c1ccc(OC)cc1. The van der Waals surface area contributed by atoms with Crippen LogP contribution in [0.3, 0.4) is 0 Å². The Bertz CT molecular complexity index is 555. The Labute approximate surface area is 112 Å². The maximum absolute atomic E-state index is 9.31. The third-order valence-electron chi connectivity index (χ3n) is 2.94. The minimum Gasteiger partial charge on any atom is -0.497 e. The minimum absolute atomic E-state index is 0.143. The van der Waals surface area contributed by atoms with Crippen molar-refractivity contribution in [2.24, 2.45) is 5.41 Å². The quantitative estimate of drug-likeness (QED) is 0.753. The number of nitriles is 3. The molecule has 1 aromatic carbocycles. The van der Waals surface area contributed by atoms with Gasteiger partial charge in [-0.05, 0) is 24.1 Å². The summed E-state index contributed by atoms with van der Waals surface area (Å²) in [5.74, 6) is -0.171. The Hall–Kier alpha value is -2.77. The molecule has 0 heterocycles. The molecule has 0 aromatic heterocycles. The van der Waals surface area contributed by atoms with E-state index in [4.69, 9.17) is 4.74 Å². The molecule has 0 saturated carbocycles. The standard InChI is InChI=1S/C15H13N3O/c1-3-8-15(10-17,11-18)14(9-16)12-4-6-13(19-2)7-5-12/h3-7,14H,1,8H2,2H3. The van der Waals surface area contributed by atoms with Gasteiger partial charge < -0.3 is 4.74 Å². The first-order chi connectivity index (χ1) is 9.17. The molecular weight excluding hydrogens is 238 g/mol. The van der Waals surface area contributed by atoms with E-state index in [1.807, 2.05) is 18.2 Å². The van der Waals surface area contributed by atoms with E-state index < -0.39 is 11.3 Å². The molecule has 94 valence electrons. The lowest BCUT2D eigenvalue weighted by molar-refractivity contribution is 0.414. The Kier molecular flexibility index (Phi) is 4.69. The van der Waals surface area contributed by atoms with E-state index in [2.05, 4.69) is 6.58 Å². The minimum atomic E-state index is -1.41. The zero-order chi connectivity index (χ0) is 14.3. The molecule has 0 bridgehead atoms. The summed E-state index contributed by atoms with van der Waals surface area (Å²) in [4.78, 5) is 0. The summed E-state index contributed by atoms with van der Waals surface area (Å²) in [7, 11) is 1.54. The van der Waals surface area contributed by atoms with Gasteiger partial charge in [-0.25, -0.2) is 0 Å². The Morgan fingerprint density at radius 2 is 1.84 bits per heavy atom. The van der Waals surface area contributed by atoms with Gasteiger partial charge in [-0.1, -0.05) is 18.2 Å². The van der Waals surface area contributed by atoms with Crippen LogP contribution in [0, 0.1) is 39.4 Å². The molecule has 1 aromatic rings. The van der Waals surface area contributed by atoms with Gasteiger partial charge in [0.15, 0.2) is 5.41 Å². The summed E-state index contributed by atoms with van der Waals surface area (Å²) in [5.41, 5.74) is -0.793. The average molecular weight is 251 g/mol. The predicted octanol–water partition coefficient (Wildman–Crippen LogP) is 2.91. The van der Waals surface area contributed by atoms with Gasteiger partial charge in [0, 0.05) is 0 Å². The first kappa shape index (κ1) is 14.3. The Balaban J connectivity index is 3.26. The maximum atomic E-state index is 9.31. The van der Waals surface area contributed by atoms with Crippen LogP contribution in [-0.4, -0.2) is 7.11 Å². The zero-order valence-electron chi connectivity index (χ0n) is 10.6. The van der Waals surface area contributed by atoms with Crippen LogP contribution in [0.5, 0.6) is 5.75 Å². The van der Waals surface area contributed by atoms with Crippen LogP contribution in [0.2, 0.25) is 0 Å². The molecule has 0 amide bonds. The van der Waals surface area contributed by atoms with Gasteiger partial charge in [-0.3, -0.25) is 0 Å². The second kappa shape index (κ2) is 6.24. The fourth-order valence-corrected chi connectivity index (χ4v) is 1.86. The van der Waals surface area contributed by atoms with Gasteiger partial charge in [0.1, 0.15) is 11.7 Å². The molecule has 0 aliphatic rings. The number of hydrogen-bond acceptors (Lipinski definition) is 4. The summed E-state index contributed by atoms with van der Waals surface area (Å²) in [5, 5.41) is 27.9. The van der Waals surface area contributed by atoms with E-state index in [9.17, 15) is 15.8 Å². The average Bonchev–Trinajstić information content (AvgIpc) is 2.47. The number of methoxy groups -OCH3 is 1. The van der Waals surface area contributed by atoms with E-state index in [0.717, 1.165) is 0 Å². The molecule has 1 unspecified atom stereocenters. The Morgan fingerprint density at radius 1 is 1.26 bits per heavy atom. The largest absolute Gasteiger partial charge is 0.497 e. The normalized spacial score (nSPS) is 11.5. The van der Waals surface area contributed by atoms with Crippen molar-refractivity contribution >= 4 is 0 Å². The maximum Gasteiger partial charge on any atom is 0.166 e. The van der Waals surface area contributed by atoms with E-state index in [1.165, 1.54) is 6.08 Å². The lowest BCUT2D eigenvalue weighted by Gasteiger charge is -2.22. The number of allylic oxidation sites excluding steroid dienone is 1. The summed E-state index contributed by atoms with van der Waals surface area (Å²) < 4.78 is 5.04. The van der Waals surface area contributed by atoms with Crippen molar-refractivity contribution < 1.29 is 4.74 Å². The van der Waals surface area contributed by atoms with Gasteiger partial charge in [0.05, 0.1) is 25.3 Å². The molecule has 0 aliphatic heterocycles. The number of nitrogens with zero attached hydrogens (tertiary/aromatic N) is 3. The lowest BCUT2D eigenvalue weighted by atomic mass is 9.72. The van der Waals surface area contributed by atoms with Crippen LogP contribution < -0.4 is 4.74 Å². The number of ether oxygens (including phenoxy) is 1. The number of rotatable bonds is 5. The smallest absolute Gasteiger partial charge is 0.166 e. The van der Waals surface area contributed by atoms with Crippen molar-refractivity contribution in [3.05, 3.63) is 42.5 Å². The molecule has 0 saturated heterocycles. The first-order valence-corrected chi connectivity index (χ1v) is 5.64. The first-order valence-electron chi connectivity index (χ1n) is 5.64. The van der Waals surface area contributed by atoms with Gasteiger partial charge in [0.25, 0.3) is 0 Å². The highest BCUT2D eigenvalue weighted by atomic mass is 16.5. The van der Waals surface area contributed by atoms with E-state index in [1.54, 1.807) is 31.4 Å². The molecule has 4 nitrogen and oxygen atoms in total. The molecule has 0 N–H and O–H groups in total. The molecule has 1 rings (SSSR count). The van der Waals surface area contributed by atoms with Gasteiger partial charge in [-0.2, -0.15) is 15.8 Å². The van der Waals surface area contributed by atoms with Crippen molar-refractivity contribution in [1.82, 2.24) is 0 Å². The Morgan fingerprint density at radius 3 is 2.21 bits per heavy atom. The second-order valence-corrected chi connectivity index (χ2v) is 4.02. The van der Waals surface area contributed by atoms with Crippen molar-refractivity contribution in [1.29, 1.82) is 15.8 Å². The van der Waals surface area contributed by atoms with Crippen molar-refractivity contribution in [3.63, 3.8) is 0 Å². The van der Waals surface area contributed by atoms with Crippen molar-refractivity contribution in [3.8, 4) is 24.0 Å². The molecule has 0 fully saturated rings. The van der Waals surface area contributed by atoms with E-state index in [-0.39, 0.29) is 6.42 Å². The third-order valence-corrected chi connectivity index (χ3v) is 2.94. The van der Waals surface area contributed by atoms with Crippen LogP contribution in [-0.2, 0) is 0 Å². The second-order valence-electron chi connectivity index (χ2n) is 4.02.